The monoisotopic (exact) mass is 560 g/mol. The molecule has 0 saturated carbocycles. The van der Waals surface area contributed by atoms with Crippen molar-refractivity contribution in [2.75, 3.05) is 63.6 Å². The lowest BCUT2D eigenvalue weighted by Crippen LogP contribution is -2.39. The van der Waals surface area contributed by atoms with Crippen molar-refractivity contribution in [3.05, 3.63) is 34.9 Å². The first-order valence-corrected chi connectivity index (χ1v) is 15.2. The Morgan fingerprint density at radius 1 is 1.05 bits per heavy atom. The second kappa shape index (κ2) is 13.5. The number of piperidine rings is 1. The summed E-state index contributed by atoms with van der Waals surface area (Å²) < 4.78 is 32.9. The molecule has 1 aromatic heterocycles. The number of aromatic nitrogens is 2. The molecule has 39 heavy (non-hydrogen) atoms. The molecule has 0 radical (unpaired) electrons. The molecule has 1 fully saturated rings. The highest BCUT2D eigenvalue weighted by Crippen LogP contribution is 2.28. The van der Waals surface area contributed by atoms with E-state index in [4.69, 9.17) is 4.74 Å². The second-order valence-corrected chi connectivity index (χ2v) is 12.3. The van der Waals surface area contributed by atoms with Crippen LogP contribution in [0, 0.1) is 26.7 Å². The summed E-state index contributed by atoms with van der Waals surface area (Å²) >= 11 is 0. The standard InChI is InChI=1S/C28H44N6O4S/c1-8-33(9-2)19-23-10-14-34(15-11-23)25-18-22(5)28(31-30-25)29-26(35)12-13-32(6)39(36,37)27-20(3)16-24(38-7)17-21(27)4/h16-18,23H,8-15,19H2,1-7H3,(H,29,31,35). The first-order valence-electron chi connectivity index (χ1n) is 13.7. The number of carbonyl (C=O) groups is 1. The molecule has 0 atom stereocenters. The number of amides is 1. The van der Waals surface area contributed by atoms with E-state index in [0.29, 0.717) is 28.6 Å². The van der Waals surface area contributed by atoms with Crippen LogP contribution in [-0.2, 0) is 14.8 Å². The number of hydrogen-bond acceptors (Lipinski definition) is 8. The smallest absolute Gasteiger partial charge is 0.243 e. The van der Waals surface area contributed by atoms with Gasteiger partial charge in [0.05, 0.1) is 12.0 Å². The minimum atomic E-state index is -3.77. The van der Waals surface area contributed by atoms with E-state index in [1.165, 1.54) is 11.4 Å². The molecule has 0 spiro atoms. The molecule has 1 saturated heterocycles. The number of aryl methyl sites for hydroxylation is 3. The molecule has 2 heterocycles. The largest absolute Gasteiger partial charge is 0.497 e. The van der Waals surface area contributed by atoms with E-state index in [9.17, 15) is 13.2 Å². The van der Waals surface area contributed by atoms with Crippen molar-refractivity contribution in [1.29, 1.82) is 0 Å². The molecule has 11 heteroatoms. The van der Waals surface area contributed by atoms with Crippen LogP contribution in [0.4, 0.5) is 11.6 Å². The number of rotatable bonds is 12. The van der Waals surface area contributed by atoms with Crippen LogP contribution >= 0.6 is 0 Å². The normalized spacial score (nSPS) is 14.7. The lowest BCUT2D eigenvalue weighted by molar-refractivity contribution is -0.116. The number of nitrogens with one attached hydrogen (secondary N) is 1. The van der Waals surface area contributed by atoms with Crippen molar-refractivity contribution in [1.82, 2.24) is 19.4 Å². The van der Waals surface area contributed by atoms with Crippen LogP contribution in [0.2, 0.25) is 0 Å². The summed E-state index contributed by atoms with van der Waals surface area (Å²) in [6, 6.07) is 5.35. The summed E-state index contributed by atoms with van der Waals surface area (Å²) in [5.74, 6) is 2.21. The third-order valence-electron chi connectivity index (χ3n) is 7.57. The maximum atomic E-state index is 13.2. The topological polar surface area (TPSA) is 108 Å². The summed E-state index contributed by atoms with van der Waals surface area (Å²) in [5.41, 5.74) is 2.02. The molecule has 3 rings (SSSR count). The number of hydrogen-bond donors (Lipinski definition) is 1. The first-order chi connectivity index (χ1) is 18.5. The van der Waals surface area contributed by atoms with Crippen LogP contribution in [0.5, 0.6) is 5.75 Å². The maximum absolute atomic E-state index is 13.2. The molecule has 0 unspecified atom stereocenters. The van der Waals surface area contributed by atoms with Crippen LogP contribution in [0.1, 0.15) is 49.8 Å². The molecule has 1 N–H and O–H groups in total. The van der Waals surface area contributed by atoms with Gasteiger partial charge in [-0.1, -0.05) is 13.8 Å². The Kier molecular flexibility index (Phi) is 10.7. The van der Waals surface area contributed by atoms with Gasteiger partial charge in [-0.3, -0.25) is 4.79 Å². The molecule has 1 aromatic carbocycles. The predicted molar refractivity (Wildman–Crippen MR) is 155 cm³/mol. The second-order valence-electron chi connectivity index (χ2n) is 10.4. The van der Waals surface area contributed by atoms with Gasteiger partial charge in [0.25, 0.3) is 0 Å². The molecule has 1 aliphatic heterocycles. The van der Waals surface area contributed by atoms with Crippen molar-refractivity contribution in [2.24, 2.45) is 5.92 Å². The lowest BCUT2D eigenvalue weighted by atomic mass is 9.96. The van der Waals surface area contributed by atoms with Gasteiger partial charge in [0.15, 0.2) is 11.6 Å². The number of sulfonamides is 1. The van der Waals surface area contributed by atoms with Gasteiger partial charge < -0.3 is 19.9 Å². The summed E-state index contributed by atoms with van der Waals surface area (Å²) in [5, 5.41) is 11.4. The van der Waals surface area contributed by atoms with Gasteiger partial charge in [0.1, 0.15) is 5.75 Å². The van der Waals surface area contributed by atoms with Gasteiger partial charge in [-0.25, -0.2) is 12.7 Å². The van der Waals surface area contributed by atoms with E-state index in [1.807, 2.05) is 13.0 Å². The van der Waals surface area contributed by atoms with E-state index in [-0.39, 0.29) is 23.8 Å². The molecule has 1 aliphatic rings. The first kappa shape index (κ1) is 30.8. The third-order valence-corrected chi connectivity index (χ3v) is 9.73. The SMILES string of the molecule is CCN(CC)CC1CCN(c2cc(C)c(NC(=O)CCN(C)S(=O)(=O)c3c(C)cc(OC)cc3C)nn2)CC1. The van der Waals surface area contributed by atoms with E-state index in [1.54, 1.807) is 33.1 Å². The maximum Gasteiger partial charge on any atom is 0.243 e. The van der Waals surface area contributed by atoms with E-state index < -0.39 is 10.0 Å². The van der Waals surface area contributed by atoms with Gasteiger partial charge in [-0.2, -0.15) is 0 Å². The van der Waals surface area contributed by atoms with Gasteiger partial charge in [-0.15, -0.1) is 10.2 Å². The van der Waals surface area contributed by atoms with Crippen molar-refractivity contribution >= 4 is 27.6 Å². The molecule has 0 bridgehead atoms. The van der Waals surface area contributed by atoms with Crippen molar-refractivity contribution < 1.29 is 17.9 Å². The molecule has 2 aromatic rings. The Balaban J connectivity index is 1.55. The highest BCUT2D eigenvalue weighted by atomic mass is 32.2. The molecular formula is C28H44N6O4S. The highest BCUT2D eigenvalue weighted by Gasteiger charge is 2.26. The van der Waals surface area contributed by atoms with Crippen LogP contribution in [0.15, 0.2) is 23.1 Å². The van der Waals surface area contributed by atoms with Crippen LogP contribution in [0.3, 0.4) is 0 Å². The van der Waals surface area contributed by atoms with E-state index in [2.05, 4.69) is 39.2 Å². The Morgan fingerprint density at radius 3 is 2.21 bits per heavy atom. The van der Waals surface area contributed by atoms with Gasteiger partial charge in [0.2, 0.25) is 15.9 Å². The van der Waals surface area contributed by atoms with Crippen LogP contribution in [-0.4, -0.2) is 87.2 Å². The third kappa shape index (κ3) is 7.67. The fourth-order valence-electron chi connectivity index (χ4n) is 5.11. The van der Waals surface area contributed by atoms with E-state index >= 15 is 0 Å². The Labute approximate surface area is 233 Å². The lowest BCUT2D eigenvalue weighted by Gasteiger charge is -2.35. The Morgan fingerprint density at radius 2 is 1.67 bits per heavy atom. The Bertz CT molecular complexity index is 1220. The predicted octanol–water partition coefficient (Wildman–Crippen LogP) is 3.62. The molecular weight excluding hydrogens is 516 g/mol. The molecule has 1 amide bonds. The number of carbonyl (C=O) groups excluding carboxylic acids is 1. The van der Waals surface area contributed by atoms with Crippen LogP contribution in [0.25, 0.3) is 0 Å². The zero-order valence-corrected chi connectivity index (χ0v) is 25.3. The van der Waals surface area contributed by atoms with Crippen LogP contribution < -0.4 is 15.0 Å². The van der Waals surface area contributed by atoms with Gasteiger partial charge >= 0.3 is 0 Å². The average molecular weight is 561 g/mol. The van der Waals surface area contributed by atoms with E-state index in [0.717, 1.165) is 56.9 Å². The summed E-state index contributed by atoms with van der Waals surface area (Å²) in [4.78, 5) is 17.7. The number of methoxy groups -OCH3 is 1. The van der Waals surface area contributed by atoms with Crippen molar-refractivity contribution in [2.45, 2.75) is 58.8 Å². The number of nitrogens with zero attached hydrogens (tertiary/aromatic N) is 5. The molecule has 10 nitrogen and oxygen atoms in total. The molecule has 216 valence electrons. The zero-order chi connectivity index (χ0) is 28.7. The van der Waals surface area contributed by atoms with Crippen molar-refractivity contribution in [3.8, 4) is 5.75 Å². The van der Waals surface area contributed by atoms with Crippen molar-refractivity contribution in [3.63, 3.8) is 0 Å². The summed E-state index contributed by atoms with van der Waals surface area (Å²) in [6.07, 6.45) is 2.25. The summed E-state index contributed by atoms with van der Waals surface area (Å²) in [6.45, 7) is 15.0. The number of benzene rings is 1. The van der Waals surface area contributed by atoms with Gasteiger partial charge in [0, 0.05) is 39.6 Å². The quantitative estimate of drug-likeness (QED) is 0.420. The molecule has 0 aliphatic carbocycles. The number of anilines is 2. The van der Waals surface area contributed by atoms with Gasteiger partial charge in [-0.05, 0) is 87.5 Å². The zero-order valence-electron chi connectivity index (χ0n) is 24.5. The fourth-order valence-corrected chi connectivity index (χ4v) is 6.68. The minimum Gasteiger partial charge on any atom is -0.497 e. The highest BCUT2D eigenvalue weighted by molar-refractivity contribution is 7.89. The minimum absolute atomic E-state index is 0.00704. The average Bonchev–Trinajstić information content (AvgIpc) is 2.91. The number of ether oxygens (including phenoxy) is 1. The fraction of sp³-hybridized carbons (Fsp3) is 0.607. The Hall–Kier alpha value is -2.76. The summed E-state index contributed by atoms with van der Waals surface area (Å²) in [7, 11) is -0.744.